The van der Waals surface area contributed by atoms with Crippen molar-refractivity contribution in [3.8, 4) is 0 Å². The summed E-state index contributed by atoms with van der Waals surface area (Å²) in [6.07, 6.45) is 2.26. The molecule has 3 heterocycles. The number of hydrogen-bond acceptors (Lipinski definition) is 6. The van der Waals surface area contributed by atoms with Crippen LogP contribution in [-0.2, 0) is 14.8 Å². The van der Waals surface area contributed by atoms with E-state index in [4.69, 9.17) is 0 Å². The molecular formula is C27H35N5O4S. The van der Waals surface area contributed by atoms with E-state index < -0.39 is 10.0 Å². The highest BCUT2D eigenvalue weighted by Gasteiger charge is 2.39. The summed E-state index contributed by atoms with van der Waals surface area (Å²) in [5, 5.41) is 2.88. The molecule has 1 aromatic carbocycles. The fourth-order valence-corrected chi connectivity index (χ4v) is 7.17. The summed E-state index contributed by atoms with van der Waals surface area (Å²) in [6.45, 7) is 11.7. The van der Waals surface area contributed by atoms with Gasteiger partial charge in [-0.25, -0.2) is 13.4 Å². The minimum absolute atomic E-state index is 0.107. The van der Waals surface area contributed by atoms with E-state index >= 15 is 0 Å². The van der Waals surface area contributed by atoms with Gasteiger partial charge in [-0.3, -0.25) is 9.59 Å². The van der Waals surface area contributed by atoms with Crippen LogP contribution in [0, 0.1) is 6.92 Å². The number of nitrogens with zero attached hydrogens (tertiary/aromatic N) is 4. The third-order valence-corrected chi connectivity index (χ3v) is 9.24. The van der Waals surface area contributed by atoms with Gasteiger partial charge in [-0.05, 0) is 76.1 Å². The molecule has 0 radical (unpaired) electrons. The average molecular weight is 526 g/mol. The van der Waals surface area contributed by atoms with E-state index in [2.05, 4.69) is 21.8 Å². The Bertz CT molecular complexity index is 1240. The second-order valence-corrected chi connectivity index (χ2v) is 11.7. The summed E-state index contributed by atoms with van der Waals surface area (Å²) in [6, 6.07) is 11.5. The van der Waals surface area contributed by atoms with Crippen LogP contribution in [0.15, 0.2) is 60.0 Å². The van der Waals surface area contributed by atoms with Crippen molar-refractivity contribution in [3.63, 3.8) is 0 Å². The van der Waals surface area contributed by atoms with Crippen molar-refractivity contribution in [3.05, 3.63) is 66.4 Å². The highest BCUT2D eigenvalue weighted by molar-refractivity contribution is 7.89. The molecule has 2 aromatic rings. The molecule has 0 saturated carbocycles. The second-order valence-electron chi connectivity index (χ2n) is 9.85. The minimum atomic E-state index is -3.76. The second kappa shape index (κ2) is 11.0. The van der Waals surface area contributed by atoms with Gasteiger partial charge in [0.1, 0.15) is 5.82 Å². The quantitative estimate of drug-likeness (QED) is 0.582. The fraction of sp³-hybridized carbons (Fsp3) is 0.444. The van der Waals surface area contributed by atoms with Gasteiger partial charge in [0, 0.05) is 55.6 Å². The molecule has 37 heavy (non-hydrogen) atoms. The summed E-state index contributed by atoms with van der Waals surface area (Å²) >= 11 is 0. The number of sulfonamides is 1. The van der Waals surface area contributed by atoms with Gasteiger partial charge in [-0.15, -0.1) is 0 Å². The Morgan fingerprint density at radius 3 is 2.19 bits per heavy atom. The molecule has 9 nitrogen and oxygen atoms in total. The van der Waals surface area contributed by atoms with Crippen molar-refractivity contribution < 1.29 is 18.0 Å². The van der Waals surface area contributed by atoms with Crippen molar-refractivity contribution in [2.45, 2.75) is 56.6 Å². The first-order chi connectivity index (χ1) is 17.6. The molecule has 198 valence electrons. The topological polar surface area (TPSA) is 103 Å². The van der Waals surface area contributed by atoms with Crippen LogP contribution in [-0.4, -0.2) is 78.7 Å². The molecule has 4 rings (SSSR count). The number of aryl methyl sites for hydroxylation is 1. The van der Waals surface area contributed by atoms with Crippen molar-refractivity contribution in [2.24, 2.45) is 0 Å². The number of nitrogens with one attached hydrogen (secondary N) is 1. The molecule has 2 aliphatic rings. The van der Waals surface area contributed by atoms with Crippen LogP contribution in [0.2, 0.25) is 0 Å². The first-order valence-electron chi connectivity index (χ1n) is 12.6. The third-order valence-electron chi connectivity index (χ3n) is 7.09. The molecule has 0 spiro atoms. The predicted molar refractivity (Wildman–Crippen MR) is 143 cm³/mol. The van der Waals surface area contributed by atoms with E-state index in [-0.39, 0.29) is 34.8 Å². The summed E-state index contributed by atoms with van der Waals surface area (Å²) in [5.41, 5.74) is 1.42. The Morgan fingerprint density at radius 2 is 1.62 bits per heavy atom. The summed E-state index contributed by atoms with van der Waals surface area (Å²) in [4.78, 5) is 33.5. The third kappa shape index (κ3) is 5.86. The lowest BCUT2D eigenvalue weighted by Crippen LogP contribution is -2.54. The summed E-state index contributed by atoms with van der Waals surface area (Å²) < 4.78 is 28.5. The van der Waals surface area contributed by atoms with Crippen LogP contribution in [0.3, 0.4) is 0 Å². The highest BCUT2D eigenvalue weighted by Crippen LogP contribution is 2.30. The normalized spacial score (nSPS) is 22.9. The number of carbonyl (C=O) groups is 2. The number of benzene rings is 1. The lowest BCUT2D eigenvalue weighted by Gasteiger charge is -2.41. The summed E-state index contributed by atoms with van der Waals surface area (Å²) in [7, 11) is -3.76. The summed E-state index contributed by atoms with van der Waals surface area (Å²) in [5.74, 6) is 0.549. The molecule has 2 unspecified atom stereocenters. The lowest BCUT2D eigenvalue weighted by atomic mass is 9.95. The van der Waals surface area contributed by atoms with Crippen molar-refractivity contribution in [2.75, 3.05) is 31.1 Å². The number of hydrogen-bond donors (Lipinski definition) is 1. The molecule has 2 saturated heterocycles. The lowest BCUT2D eigenvalue weighted by molar-refractivity contribution is -0.117. The predicted octanol–water partition coefficient (Wildman–Crippen LogP) is 2.58. The van der Waals surface area contributed by atoms with E-state index in [0.717, 1.165) is 11.5 Å². The number of carbonyl (C=O) groups excluding carboxylic acids is 2. The standard InChI is InChI=1S/C27H35N5O4S/c1-5-26(33)29-23-17-20(3)32(21(4)18-23)37(35,36)24-11-9-22(10-12-24)27(34)31-15-13-30(14-16-31)25-8-6-7-19(2)28-25/h5-12,20-21,23H,1,13-18H2,2-4H3,(H,29,33). The van der Waals surface area contributed by atoms with Crippen LogP contribution in [0.1, 0.15) is 42.7 Å². The molecule has 2 amide bonds. The van der Waals surface area contributed by atoms with Gasteiger partial charge in [0.25, 0.3) is 5.91 Å². The molecule has 10 heteroatoms. The zero-order chi connectivity index (χ0) is 26.7. The van der Waals surface area contributed by atoms with Crippen molar-refractivity contribution >= 4 is 27.7 Å². The highest BCUT2D eigenvalue weighted by atomic mass is 32.2. The van der Waals surface area contributed by atoms with Gasteiger partial charge in [-0.2, -0.15) is 4.31 Å². The van der Waals surface area contributed by atoms with Crippen LogP contribution < -0.4 is 10.2 Å². The van der Waals surface area contributed by atoms with Crippen LogP contribution in [0.25, 0.3) is 0 Å². The van der Waals surface area contributed by atoms with Gasteiger partial charge in [0.05, 0.1) is 4.90 Å². The number of pyridine rings is 1. The van der Waals surface area contributed by atoms with Crippen molar-refractivity contribution in [1.82, 2.24) is 19.5 Å². The van der Waals surface area contributed by atoms with E-state index in [1.807, 2.05) is 39.0 Å². The zero-order valence-corrected chi connectivity index (χ0v) is 22.4. The van der Waals surface area contributed by atoms with E-state index in [1.165, 1.54) is 22.5 Å². The smallest absolute Gasteiger partial charge is 0.253 e. The maximum absolute atomic E-state index is 13.5. The largest absolute Gasteiger partial charge is 0.353 e. The Kier molecular flexibility index (Phi) is 7.99. The zero-order valence-electron chi connectivity index (χ0n) is 21.6. The molecule has 0 aliphatic carbocycles. The van der Waals surface area contributed by atoms with Gasteiger partial charge in [0.15, 0.2) is 0 Å². The number of piperidine rings is 1. The van der Waals surface area contributed by atoms with E-state index in [9.17, 15) is 18.0 Å². The van der Waals surface area contributed by atoms with Crippen LogP contribution >= 0.6 is 0 Å². The van der Waals surface area contributed by atoms with Crippen LogP contribution in [0.4, 0.5) is 5.82 Å². The molecule has 2 fully saturated rings. The number of amides is 2. The first kappa shape index (κ1) is 26.8. The molecule has 1 aromatic heterocycles. The minimum Gasteiger partial charge on any atom is -0.353 e. The molecule has 2 aliphatic heterocycles. The number of aromatic nitrogens is 1. The van der Waals surface area contributed by atoms with Gasteiger partial charge in [0.2, 0.25) is 15.9 Å². The number of piperazine rings is 1. The maximum atomic E-state index is 13.5. The average Bonchev–Trinajstić information content (AvgIpc) is 2.88. The SMILES string of the molecule is C=CC(=O)NC1CC(C)N(S(=O)(=O)c2ccc(C(=O)N3CCN(c4cccc(C)n4)CC3)cc2)C(C)C1. The van der Waals surface area contributed by atoms with E-state index in [0.29, 0.717) is 44.6 Å². The van der Waals surface area contributed by atoms with E-state index in [1.54, 1.807) is 17.0 Å². The van der Waals surface area contributed by atoms with Gasteiger partial charge in [-0.1, -0.05) is 12.6 Å². The molecule has 2 atom stereocenters. The van der Waals surface area contributed by atoms with Gasteiger partial charge >= 0.3 is 0 Å². The Labute approximate surface area is 219 Å². The number of rotatable bonds is 6. The maximum Gasteiger partial charge on any atom is 0.253 e. The molecular weight excluding hydrogens is 490 g/mol. The van der Waals surface area contributed by atoms with Gasteiger partial charge < -0.3 is 15.1 Å². The number of anilines is 1. The Hall–Kier alpha value is -3.24. The Balaban J connectivity index is 1.40. The monoisotopic (exact) mass is 525 g/mol. The Morgan fingerprint density at radius 1 is 1.00 bits per heavy atom. The van der Waals surface area contributed by atoms with Crippen LogP contribution in [0.5, 0.6) is 0 Å². The fourth-order valence-electron chi connectivity index (χ4n) is 5.33. The first-order valence-corrected chi connectivity index (χ1v) is 14.1. The van der Waals surface area contributed by atoms with Crippen molar-refractivity contribution in [1.29, 1.82) is 0 Å². The molecule has 1 N–H and O–H groups in total. The molecule has 0 bridgehead atoms.